The Balaban J connectivity index is 1.85. The number of hydrogen-bond acceptors (Lipinski definition) is 2. The highest BCUT2D eigenvalue weighted by molar-refractivity contribution is 5.92. The van der Waals surface area contributed by atoms with E-state index in [0.717, 1.165) is 28.4 Å². The molecular weight excluding hydrogens is 312 g/mol. The lowest BCUT2D eigenvalue weighted by molar-refractivity contribution is -0.885. The van der Waals surface area contributed by atoms with Gasteiger partial charge in [0.05, 0.1) is 7.05 Å². The third-order valence-corrected chi connectivity index (χ3v) is 3.92. The molecule has 4 nitrogen and oxygen atoms in total. The van der Waals surface area contributed by atoms with Crippen molar-refractivity contribution in [2.45, 2.75) is 20.4 Å². The number of benzene rings is 2. The molecule has 1 amide bonds. The van der Waals surface area contributed by atoms with E-state index in [1.807, 2.05) is 57.3 Å². The molecule has 0 aromatic heterocycles. The van der Waals surface area contributed by atoms with Gasteiger partial charge in [0.1, 0.15) is 18.9 Å². The average molecular weight is 339 g/mol. The molecule has 0 radical (unpaired) electrons. The van der Waals surface area contributed by atoms with Crippen molar-refractivity contribution in [3.8, 4) is 5.75 Å². The lowest BCUT2D eigenvalue weighted by Crippen LogP contribution is -3.08. The highest BCUT2D eigenvalue weighted by Gasteiger charge is 2.12. The number of aryl methyl sites for hydroxylation is 2. The molecule has 132 valence electrons. The molecule has 2 N–H and O–H groups in total. The first kappa shape index (κ1) is 18.7. The van der Waals surface area contributed by atoms with Crippen LogP contribution in [0, 0.1) is 13.8 Å². The highest BCUT2D eigenvalue weighted by atomic mass is 16.5. The number of carbonyl (C=O) groups excluding carboxylic acids is 1. The fraction of sp³-hybridized carbons (Fsp3) is 0.286. The van der Waals surface area contributed by atoms with Gasteiger partial charge in [-0.3, -0.25) is 4.79 Å². The van der Waals surface area contributed by atoms with Gasteiger partial charge in [-0.25, -0.2) is 0 Å². The summed E-state index contributed by atoms with van der Waals surface area (Å²) in [5, 5.41) is 3.00. The Morgan fingerprint density at radius 2 is 1.92 bits per heavy atom. The van der Waals surface area contributed by atoms with Gasteiger partial charge >= 0.3 is 0 Å². The summed E-state index contributed by atoms with van der Waals surface area (Å²) in [6.45, 7) is 9.39. The van der Waals surface area contributed by atoms with Crippen LogP contribution >= 0.6 is 0 Å². The number of ether oxygens (including phenoxy) is 1. The second-order valence-electron chi connectivity index (χ2n) is 6.42. The smallest absolute Gasteiger partial charge is 0.279 e. The van der Waals surface area contributed by atoms with Crippen molar-refractivity contribution in [1.29, 1.82) is 0 Å². The van der Waals surface area contributed by atoms with E-state index in [0.29, 0.717) is 13.2 Å². The maximum absolute atomic E-state index is 12.3. The quantitative estimate of drug-likeness (QED) is 0.726. The summed E-state index contributed by atoms with van der Waals surface area (Å²) in [6.07, 6.45) is 1.72. The van der Waals surface area contributed by atoms with Crippen LogP contribution in [-0.2, 0) is 11.3 Å². The van der Waals surface area contributed by atoms with Crippen molar-refractivity contribution in [3.05, 3.63) is 71.8 Å². The number of rotatable bonds is 8. The number of carbonyl (C=O) groups is 1. The van der Waals surface area contributed by atoms with E-state index in [-0.39, 0.29) is 5.91 Å². The van der Waals surface area contributed by atoms with Gasteiger partial charge in [-0.15, -0.1) is 0 Å². The number of anilines is 1. The molecule has 0 heterocycles. The molecule has 0 spiro atoms. The maximum Gasteiger partial charge on any atom is 0.279 e. The molecule has 0 aliphatic rings. The van der Waals surface area contributed by atoms with E-state index in [9.17, 15) is 4.79 Å². The zero-order chi connectivity index (χ0) is 18.2. The van der Waals surface area contributed by atoms with Crippen molar-refractivity contribution in [2.24, 2.45) is 0 Å². The SMILES string of the molecule is C=CCOc1ccc(C[NH+](C)CC(=O)Nc2ccc(C)cc2C)cc1. The molecule has 0 fully saturated rings. The Morgan fingerprint density at radius 1 is 1.20 bits per heavy atom. The van der Waals surface area contributed by atoms with Gasteiger partial charge in [-0.2, -0.15) is 0 Å². The molecule has 2 aromatic rings. The van der Waals surface area contributed by atoms with E-state index in [1.165, 1.54) is 11.1 Å². The molecule has 0 saturated heterocycles. The summed E-state index contributed by atoms with van der Waals surface area (Å²) in [5.41, 5.74) is 4.33. The largest absolute Gasteiger partial charge is 0.490 e. The van der Waals surface area contributed by atoms with Crippen LogP contribution in [0.3, 0.4) is 0 Å². The van der Waals surface area contributed by atoms with Gasteiger partial charge in [0, 0.05) is 11.3 Å². The molecule has 25 heavy (non-hydrogen) atoms. The molecule has 4 heteroatoms. The average Bonchev–Trinajstić information content (AvgIpc) is 2.56. The third-order valence-electron chi connectivity index (χ3n) is 3.92. The zero-order valence-corrected chi connectivity index (χ0v) is 15.3. The summed E-state index contributed by atoms with van der Waals surface area (Å²) >= 11 is 0. The van der Waals surface area contributed by atoms with Crippen molar-refractivity contribution >= 4 is 11.6 Å². The molecule has 0 aliphatic heterocycles. The van der Waals surface area contributed by atoms with Gasteiger partial charge in [-0.05, 0) is 49.7 Å². The first-order chi connectivity index (χ1) is 12.0. The number of likely N-dealkylation sites (N-methyl/N-ethyl adjacent to an activating group) is 1. The van der Waals surface area contributed by atoms with E-state index in [2.05, 4.69) is 18.0 Å². The second-order valence-corrected chi connectivity index (χ2v) is 6.42. The summed E-state index contributed by atoms with van der Waals surface area (Å²) in [6, 6.07) is 14.0. The van der Waals surface area contributed by atoms with Crippen molar-refractivity contribution in [2.75, 3.05) is 25.5 Å². The van der Waals surface area contributed by atoms with Crippen molar-refractivity contribution in [3.63, 3.8) is 0 Å². The third kappa shape index (κ3) is 6.08. The number of amides is 1. The first-order valence-corrected chi connectivity index (χ1v) is 8.49. The summed E-state index contributed by atoms with van der Waals surface area (Å²) < 4.78 is 5.48. The minimum atomic E-state index is 0.0235. The van der Waals surface area contributed by atoms with Crippen LogP contribution in [0.15, 0.2) is 55.1 Å². The van der Waals surface area contributed by atoms with Gasteiger partial charge in [0.25, 0.3) is 5.91 Å². The Morgan fingerprint density at radius 3 is 2.56 bits per heavy atom. The van der Waals surface area contributed by atoms with Gasteiger partial charge in [0.15, 0.2) is 6.54 Å². The summed E-state index contributed by atoms with van der Waals surface area (Å²) in [7, 11) is 2.02. The van der Waals surface area contributed by atoms with Gasteiger partial charge < -0.3 is 15.0 Å². The minimum absolute atomic E-state index is 0.0235. The normalized spacial score (nSPS) is 11.6. The Labute approximate surface area is 150 Å². The molecule has 2 aromatic carbocycles. The topological polar surface area (TPSA) is 42.8 Å². The van der Waals surface area contributed by atoms with Crippen molar-refractivity contribution < 1.29 is 14.4 Å². The molecule has 2 rings (SSSR count). The van der Waals surface area contributed by atoms with Crippen LogP contribution in [0.1, 0.15) is 16.7 Å². The van der Waals surface area contributed by atoms with E-state index in [1.54, 1.807) is 6.08 Å². The molecule has 1 unspecified atom stereocenters. The van der Waals surface area contributed by atoms with Crippen molar-refractivity contribution in [1.82, 2.24) is 0 Å². The van der Waals surface area contributed by atoms with Gasteiger partial charge in [0.2, 0.25) is 0 Å². The van der Waals surface area contributed by atoms with E-state index >= 15 is 0 Å². The van der Waals surface area contributed by atoms with E-state index in [4.69, 9.17) is 4.74 Å². The molecular formula is C21H27N2O2+. The molecule has 1 atom stereocenters. The molecule has 0 saturated carbocycles. The van der Waals surface area contributed by atoms with E-state index < -0.39 is 0 Å². The minimum Gasteiger partial charge on any atom is -0.490 e. The van der Waals surface area contributed by atoms with Crippen LogP contribution in [-0.4, -0.2) is 26.1 Å². The van der Waals surface area contributed by atoms with Gasteiger partial charge in [-0.1, -0.05) is 30.4 Å². The fourth-order valence-electron chi connectivity index (χ4n) is 2.69. The lowest BCUT2D eigenvalue weighted by atomic mass is 10.1. The fourth-order valence-corrected chi connectivity index (χ4v) is 2.69. The zero-order valence-electron chi connectivity index (χ0n) is 15.3. The number of hydrogen-bond donors (Lipinski definition) is 2. The number of nitrogens with one attached hydrogen (secondary N) is 2. The molecule has 0 aliphatic carbocycles. The Hall–Kier alpha value is -2.59. The second kappa shape index (κ2) is 9.04. The predicted octanol–water partition coefficient (Wildman–Crippen LogP) is 2.52. The monoisotopic (exact) mass is 339 g/mol. The van der Waals surface area contributed by atoms with Crippen LogP contribution in [0.2, 0.25) is 0 Å². The maximum atomic E-state index is 12.3. The predicted molar refractivity (Wildman–Crippen MR) is 102 cm³/mol. The van der Waals surface area contributed by atoms with Crippen LogP contribution in [0.4, 0.5) is 5.69 Å². The van der Waals surface area contributed by atoms with Crippen LogP contribution in [0.5, 0.6) is 5.75 Å². The van der Waals surface area contributed by atoms with Crippen LogP contribution in [0.25, 0.3) is 0 Å². The lowest BCUT2D eigenvalue weighted by Gasteiger charge is -2.15. The number of quaternary nitrogens is 1. The Kier molecular flexibility index (Phi) is 6.78. The highest BCUT2D eigenvalue weighted by Crippen LogP contribution is 2.15. The first-order valence-electron chi connectivity index (χ1n) is 8.49. The summed E-state index contributed by atoms with van der Waals surface area (Å²) in [5.74, 6) is 0.851. The van der Waals surface area contributed by atoms with Crippen LogP contribution < -0.4 is 15.0 Å². The Bertz CT molecular complexity index is 723. The molecule has 0 bridgehead atoms. The standard InChI is InChI=1S/C21H26N2O2/c1-5-12-25-19-9-7-18(8-10-19)14-23(4)15-21(24)22-20-11-6-16(2)13-17(20)3/h5-11,13H,1,12,14-15H2,2-4H3,(H,22,24)/p+1. The summed E-state index contributed by atoms with van der Waals surface area (Å²) in [4.78, 5) is 13.4.